The predicted octanol–water partition coefficient (Wildman–Crippen LogP) is 2.57. The number of nitrogens with one attached hydrogen (secondary N) is 1. The van der Waals surface area contributed by atoms with Crippen molar-refractivity contribution in [3.63, 3.8) is 0 Å². The number of hydrogen-bond acceptors (Lipinski definition) is 6. The number of ether oxygens (including phenoxy) is 2. The van der Waals surface area contributed by atoms with E-state index in [4.69, 9.17) is 9.47 Å². The molecule has 0 unspecified atom stereocenters. The number of aryl methyl sites for hydroxylation is 1. The lowest BCUT2D eigenvalue weighted by Crippen LogP contribution is -1.99. The van der Waals surface area contributed by atoms with Crippen LogP contribution < -0.4 is 14.8 Å². The second-order valence-corrected chi connectivity index (χ2v) is 4.19. The molecule has 0 radical (unpaired) electrons. The molecule has 0 fully saturated rings. The molecule has 8 nitrogen and oxygen atoms in total. The van der Waals surface area contributed by atoms with Crippen molar-refractivity contribution in [1.29, 1.82) is 0 Å². The Hall–Kier alpha value is -2.77. The zero-order valence-electron chi connectivity index (χ0n) is 12.0. The van der Waals surface area contributed by atoms with Crippen LogP contribution in [-0.2, 0) is 6.54 Å². The van der Waals surface area contributed by atoms with Crippen LogP contribution in [0.15, 0.2) is 24.5 Å². The summed E-state index contributed by atoms with van der Waals surface area (Å²) in [4.78, 5) is 10.7. The average molecular weight is 292 g/mol. The number of anilines is 2. The first-order valence-electron chi connectivity index (χ1n) is 6.29. The Morgan fingerprint density at radius 3 is 2.52 bits per heavy atom. The maximum Gasteiger partial charge on any atom is 0.296 e. The molecule has 1 heterocycles. The Morgan fingerprint density at radius 1 is 1.33 bits per heavy atom. The topological polar surface area (TPSA) is 91.5 Å². The Morgan fingerprint density at radius 2 is 2.00 bits per heavy atom. The number of hydrogen-bond donors (Lipinski definition) is 1. The molecule has 0 amide bonds. The van der Waals surface area contributed by atoms with E-state index in [1.54, 1.807) is 17.1 Å². The molecule has 0 spiro atoms. The van der Waals surface area contributed by atoms with E-state index in [0.29, 0.717) is 22.9 Å². The molecule has 21 heavy (non-hydrogen) atoms. The van der Waals surface area contributed by atoms with Crippen molar-refractivity contribution in [1.82, 2.24) is 9.78 Å². The summed E-state index contributed by atoms with van der Waals surface area (Å²) in [6.07, 6.45) is 3.37. The van der Waals surface area contributed by atoms with Crippen molar-refractivity contribution in [2.45, 2.75) is 13.5 Å². The van der Waals surface area contributed by atoms with Crippen LogP contribution in [0.3, 0.4) is 0 Å². The molecule has 2 rings (SSSR count). The maximum atomic E-state index is 11.2. The average Bonchev–Trinajstić information content (AvgIpc) is 2.94. The van der Waals surface area contributed by atoms with Crippen LogP contribution >= 0.6 is 0 Å². The largest absolute Gasteiger partial charge is 0.493 e. The van der Waals surface area contributed by atoms with Gasteiger partial charge in [-0.1, -0.05) is 0 Å². The normalized spacial score (nSPS) is 10.2. The van der Waals surface area contributed by atoms with Gasteiger partial charge in [-0.3, -0.25) is 14.8 Å². The fraction of sp³-hybridized carbons (Fsp3) is 0.308. The summed E-state index contributed by atoms with van der Waals surface area (Å²) in [5.74, 6) is 0.715. The molecule has 0 bridgehead atoms. The Labute approximate surface area is 121 Å². The second kappa shape index (κ2) is 6.12. The van der Waals surface area contributed by atoms with E-state index < -0.39 is 4.92 Å². The minimum atomic E-state index is -0.478. The number of benzene rings is 1. The number of methoxy groups -OCH3 is 2. The molecule has 0 aliphatic rings. The SMILES string of the molecule is CCn1cc(Nc2cc(OC)c(OC)cc2[N+](=O)[O-])cn1. The number of rotatable bonds is 6. The molecule has 1 aromatic carbocycles. The summed E-state index contributed by atoms with van der Waals surface area (Å²) in [5.41, 5.74) is 0.873. The summed E-state index contributed by atoms with van der Waals surface area (Å²) in [6.45, 7) is 2.67. The first-order valence-corrected chi connectivity index (χ1v) is 6.29. The Balaban J connectivity index is 2.42. The van der Waals surface area contributed by atoms with Gasteiger partial charge in [-0.15, -0.1) is 0 Å². The summed E-state index contributed by atoms with van der Waals surface area (Å²) in [5, 5.41) is 18.3. The summed E-state index contributed by atoms with van der Waals surface area (Å²) >= 11 is 0. The van der Waals surface area contributed by atoms with Gasteiger partial charge in [0, 0.05) is 18.8 Å². The van der Waals surface area contributed by atoms with Gasteiger partial charge in [-0.25, -0.2) is 0 Å². The molecule has 0 saturated heterocycles. The van der Waals surface area contributed by atoms with Crippen LogP contribution in [0, 0.1) is 10.1 Å². The van der Waals surface area contributed by atoms with Gasteiger partial charge in [0.2, 0.25) is 0 Å². The first kappa shape index (κ1) is 14.6. The van der Waals surface area contributed by atoms with E-state index in [2.05, 4.69) is 10.4 Å². The smallest absolute Gasteiger partial charge is 0.296 e. The molecule has 112 valence electrons. The molecular weight excluding hydrogens is 276 g/mol. The van der Waals surface area contributed by atoms with E-state index in [1.807, 2.05) is 6.92 Å². The maximum absolute atomic E-state index is 11.2. The standard InChI is InChI=1S/C13H16N4O4/c1-4-16-8-9(7-14-16)15-10-5-12(20-2)13(21-3)6-11(10)17(18)19/h5-8,15H,4H2,1-3H3. The lowest BCUT2D eigenvalue weighted by atomic mass is 10.2. The Bertz CT molecular complexity index is 654. The summed E-state index contributed by atoms with van der Waals surface area (Å²) in [6, 6.07) is 2.85. The molecule has 0 aliphatic heterocycles. The van der Waals surface area contributed by atoms with Crippen LogP contribution in [0.5, 0.6) is 11.5 Å². The van der Waals surface area contributed by atoms with E-state index in [-0.39, 0.29) is 5.69 Å². The highest BCUT2D eigenvalue weighted by Crippen LogP contribution is 2.38. The fourth-order valence-corrected chi connectivity index (χ4v) is 1.88. The number of nitrogens with zero attached hydrogens (tertiary/aromatic N) is 3. The van der Waals surface area contributed by atoms with Crippen LogP contribution in [0.1, 0.15) is 6.92 Å². The lowest BCUT2D eigenvalue weighted by molar-refractivity contribution is -0.384. The predicted molar refractivity (Wildman–Crippen MR) is 77.4 cm³/mol. The zero-order valence-corrected chi connectivity index (χ0v) is 12.0. The number of nitro benzene ring substituents is 1. The first-order chi connectivity index (χ1) is 10.1. The van der Waals surface area contributed by atoms with Crippen LogP contribution in [0.4, 0.5) is 17.1 Å². The molecule has 2 aromatic rings. The molecule has 0 saturated carbocycles. The van der Waals surface area contributed by atoms with Gasteiger partial charge >= 0.3 is 0 Å². The van der Waals surface area contributed by atoms with Crippen molar-refractivity contribution in [3.8, 4) is 11.5 Å². The highest BCUT2D eigenvalue weighted by atomic mass is 16.6. The number of nitro groups is 1. The molecule has 1 N–H and O–H groups in total. The lowest BCUT2D eigenvalue weighted by Gasteiger charge is -2.11. The molecule has 8 heteroatoms. The third-order valence-electron chi connectivity index (χ3n) is 2.93. The number of aromatic nitrogens is 2. The quantitative estimate of drug-likeness (QED) is 0.650. The Kier molecular flexibility index (Phi) is 4.27. The van der Waals surface area contributed by atoms with E-state index in [0.717, 1.165) is 6.54 Å². The summed E-state index contributed by atoms with van der Waals surface area (Å²) < 4.78 is 12.0. The molecule has 0 aliphatic carbocycles. The van der Waals surface area contributed by atoms with Gasteiger partial charge in [-0.2, -0.15) is 5.10 Å². The van der Waals surface area contributed by atoms with E-state index >= 15 is 0 Å². The highest BCUT2D eigenvalue weighted by Gasteiger charge is 2.20. The van der Waals surface area contributed by atoms with Gasteiger partial charge in [0.15, 0.2) is 11.5 Å². The van der Waals surface area contributed by atoms with Crippen LogP contribution in [0.25, 0.3) is 0 Å². The third kappa shape index (κ3) is 3.04. The van der Waals surface area contributed by atoms with Gasteiger partial charge < -0.3 is 14.8 Å². The van der Waals surface area contributed by atoms with Crippen molar-refractivity contribution in [3.05, 3.63) is 34.6 Å². The van der Waals surface area contributed by atoms with Crippen molar-refractivity contribution >= 4 is 17.1 Å². The minimum absolute atomic E-state index is 0.100. The van der Waals surface area contributed by atoms with Gasteiger partial charge in [0.25, 0.3) is 5.69 Å². The van der Waals surface area contributed by atoms with E-state index in [9.17, 15) is 10.1 Å². The molecular formula is C13H16N4O4. The van der Waals surface area contributed by atoms with Crippen molar-refractivity contribution < 1.29 is 14.4 Å². The van der Waals surface area contributed by atoms with Gasteiger partial charge in [0.05, 0.1) is 37.1 Å². The second-order valence-electron chi connectivity index (χ2n) is 4.19. The van der Waals surface area contributed by atoms with Crippen molar-refractivity contribution in [2.24, 2.45) is 0 Å². The summed E-state index contributed by atoms with van der Waals surface area (Å²) in [7, 11) is 2.91. The van der Waals surface area contributed by atoms with Crippen LogP contribution in [0.2, 0.25) is 0 Å². The van der Waals surface area contributed by atoms with Gasteiger partial charge in [0.1, 0.15) is 5.69 Å². The molecule has 1 aromatic heterocycles. The monoisotopic (exact) mass is 292 g/mol. The van der Waals surface area contributed by atoms with Gasteiger partial charge in [-0.05, 0) is 6.92 Å². The van der Waals surface area contributed by atoms with Crippen LogP contribution in [-0.4, -0.2) is 28.9 Å². The van der Waals surface area contributed by atoms with Crippen molar-refractivity contribution in [2.75, 3.05) is 19.5 Å². The fourth-order valence-electron chi connectivity index (χ4n) is 1.88. The molecule has 0 atom stereocenters. The van der Waals surface area contributed by atoms with E-state index in [1.165, 1.54) is 26.4 Å². The minimum Gasteiger partial charge on any atom is -0.493 e. The highest BCUT2D eigenvalue weighted by molar-refractivity contribution is 5.73. The zero-order chi connectivity index (χ0) is 15.4. The third-order valence-corrected chi connectivity index (χ3v) is 2.93.